The van der Waals surface area contributed by atoms with E-state index in [1.807, 2.05) is 0 Å². The van der Waals surface area contributed by atoms with Crippen LogP contribution in [0.3, 0.4) is 0 Å². The van der Waals surface area contributed by atoms with Crippen LogP contribution in [0.1, 0.15) is 17.3 Å². The number of hydrogen-bond donors (Lipinski definition) is 2. The number of carboxylic acids is 1. The molecule has 0 spiro atoms. The van der Waals surface area contributed by atoms with E-state index in [1.165, 1.54) is 18.3 Å². The van der Waals surface area contributed by atoms with Crippen LogP contribution >= 0.6 is 0 Å². The van der Waals surface area contributed by atoms with E-state index in [1.54, 1.807) is 6.07 Å². The van der Waals surface area contributed by atoms with Gasteiger partial charge in [-0.2, -0.15) is 0 Å². The highest BCUT2D eigenvalue weighted by Crippen LogP contribution is 2.27. The van der Waals surface area contributed by atoms with E-state index in [4.69, 9.17) is 5.11 Å². The van der Waals surface area contributed by atoms with Crippen molar-refractivity contribution in [3.8, 4) is 0 Å². The Labute approximate surface area is 104 Å². The first-order valence-corrected chi connectivity index (χ1v) is 6.26. The lowest BCUT2D eigenvalue weighted by atomic mass is 10.1. The SMILES string of the molecule is O=C(O)C(F)c1c[nH]c2cc(CS(=O)[O-])ccc12. The van der Waals surface area contributed by atoms with Crippen LogP contribution in [0, 0.1) is 0 Å². The maximum Gasteiger partial charge on any atom is 0.343 e. The quantitative estimate of drug-likeness (QED) is 0.826. The lowest BCUT2D eigenvalue weighted by molar-refractivity contribution is -0.142. The lowest BCUT2D eigenvalue weighted by Crippen LogP contribution is -2.05. The van der Waals surface area contributed by atoms with E-state index in [9.17, 15) is 17.9 Å². The van der Waals surface area contributed by atoms with Crippen molar-refractivity contribution in [1.29, 1.82) is 0 Å². The molecule has 0 aliphatic carbocycles. The van der Waals surface area contributed by atoms with Crippen molar-refractivity contribution in [2.24, 2.45) is 0 Å². The van der Waals surface area contributed by atoms with Gasteiger partial charge in [-0.25, -0.2) is 9.18 Å². The molecule has 0 saturated heterocycles. The molecule has 96 valence electrons. The molecular weight excluding hydrogens is 261 g/mol. The van der Waals surface area contributed by atoms with E-state index < -0.39 is 23.2 Å². The molecule has 0 saturated carbocycles. The van der Waals surface area contributed by atoms with Gasteiger partial charge in [0.15, 0.2) is 0 Å². The molecular formula is C11H9FNO4S-. The zero-order valence-corrected chi connectivity index (χ0v) is 9.87. The number of hydrogen-bond acceptors (Lipinski definition) is 3. The van der Waals surface area contributed by atoms with E-state index in [0.29, 0.717) is 16.5 Å². The average Bonchev–Trinajstić information content (AvgIpc) is 2.69. The molecule has 18 heavy (non-hydrogen) atoms. The van der Waals surface area contributed by atoms with Crippen molar-refractivity contribution in [2.75, 3.05) is 0 Å². The van der Waals surface area contributed by atoms with Crippen LogP contribution in [0.2, 0.25) is 0 Å². The summed E-state index contributed by atoms with van der Waals surface area (Å²) in [7, 11) is 0. The minimum atomic E-state index is -2.20. The molecule has 2 N–H and O–H groups in total. The second-order valence-electron chi connectivity index (χ2n) is 3.77. The van der Waals surface area contributed by atoms with Gasteiger partial charge >= 0.3 is 5.97 Å². The largest absolute Gasteiger partial charge is 0.772 e. The van der Waals surface area contributed by atoms with Crippen LogP contribution < -0.4 is 0 Å². The Morgan fingerprint density at radius 1 is 1.56 bits per heavy atom. The van der Waals surface area contributed by atoms with Gasteiger partial charge in [0.25, 0.3) is 0 Å². The monoisotopic (exact) mass is 270 g/mol. The number of fused-ring (bicyclic) bond motifs is 1. The number of nitrogens with one attached hydrogen (secondary N) is 1. The van der Waals surface area contributed by atoms with Gasteiger partial charge in [-0.15, -0.1) is 0 Å². The Morgan fingerprint density at radius 3 is 2.89 bits per heavy atom. The number of benzene rings is 1. The predicted octanol–water partition coefficient (Wildman–Crippen LogP) is 1.64. The van der Waals surface area contributed by atoms with Gasteiger partial charge < -0.3 is 14.6 Å². The first-order valence-electron chi connectivity index (χ1n) is 5.01. The summed E-state index contributed by atoms with van der Waals surface area (Å²) < 4.78 is 34.5. The number of aliphatic carboxylic acids is 1. The van der Waals surface area contributed by atoms with Gasteiger partial charge in [-0.05, 0) is 11.6 Å². The van der Waals surface area contributed by atoms with E-state index in [0.717, 1.165) is 0 Å². The molecule has 0 radical (unpaired) electrons. The third-order valence-electron chi connectivity index (χ3n) is 2.55. The van der Waals surface area contributed by atoms with Crippen molar-refractivity contribution in [2.45, 2.75) is 11.9 Å². The summed E-state index contributed by atoms with van der Waals surface area (Å²) in [4.78, 5) is 13.3. The molecule has 1 aromatic heterocycles. The van der Waals surface area contributed by atoms with Crippen molar-refractivity contribution >= 4 is 28.0 Å². The maximum atomic E-state index is 13.4. The minimum Gasteiger partial charge on any atom is -0.772 e. The molecule has 0 amide bonds. The van der Waals surface area contributed by atoms with Gasteiger partial charge in [0.2, 0.25) is 6.17 Å². The van der Waals surface area contributed by atoms with Gasteiger partial charge in [0.1, 0.15) is 0 Å². The van der Waals surface area contributed by atoms with E-state index >= 15 is 0 Å². The standard InChI is InChI=1S/C11H10FNO4S/c12-10(11(14)15)8-4-13-9-3-6(5-18(16)17)1-2-7(8)9/h1-4,10,13H,5H2,(H,14,15)(H,16,17)/p-1. The molecule has 1 heterocycles. The molecule has 0 fully saturated rings. The van der Waals surface area contributed by atoms with Gasteiger partial charge in [-0.1, -0.05) is 23.2 Å². The number of aromatic amines is 1. The number of H-pyrrole nitrogens is 1. The van der Waals surface area contributed by atoms with Crippen LogP contribution in [0.15, 0.2) is 24.4 Å². The summed E-state index contributed by atoms with van der Waals surface area (Å²) in [5.74, 6) is -1.69. The topological polar surface area (TPSA) is 93.2 Å². The Morgan fingerprint density at radius 2 is 2.28 bits per heavy atom. The van der Waals surface area contributed by atoms with Crippen LogP contribution in [0.4, 0.5) is 4.39 Å². The number of carboxylic acid groups (broad SMARTS) is 1. The zero-order valence-electron chi connectivity index (χ0n) is 9.05. The van der Waals surface area contributed by atoms with Crippen molar-refractivity contribution in [3.05, 3.63) is 35.5 Å². The number of aromatic nitrogens is 1. The molecule has 1 aromatic carbocycles. The Balaban J connectivity index is 2.43. The molecule has 2 atom stereocenters. The first kappa shape index (κ1) is 12.7. The van der Waals surface area contributed by atoms with Gasteiger partial charge in [-0.3, -0.25) is 4.21 Å². The predicted molar refractivity (Wildman–Crippen MR) is 62.4 cm³/mol. The average molecular weight is 270 g/mol. The smallest absolute Gasteiger partial charge is 0.343 e. The molecule has 7 heteroatoms. The highest BCUT2D eigenvalue weighted by atomic mass is 32.2. The van der Waals surface area contributed by atoms with Crippen LogP contribution in [0.25, 0.3) is 10.9 Å². The summed E-state index contributed by atoms with van der Waals surface area (Å²) >= 11 is -2.20. The molecule has 2 aromatic rings. The highest BCUT2D eigenvalue weighted by molar-refractivity contribution is 7.78. The molecule has 2 rings (SSSR count). The van der Waals surface area contributed by atoms with E-state index in [-0.39, 0.29) is 11.3 Å². The number of halogens is 1. The third-order valence-corrected chi connectivity index (χ3v) is 3.12. The summed E-state index contributed by atoms with van der Waals surface area (Å²) in [5.41, 5.74) is 1.10. The van der Waals surface area contributed by atoms with Crippen molar-refractivity contribution in [1.82, 2.24) is 4.98 Å². The lowest BCUT2D eigenvalue weighted by Gasteiger charge is -2.05. The Hall–Kier alpha value is -1.73. The fourth-order valence-electron chi connectivity index (χ4n) is 1.76. The van der Waals surface area contributed by atoms with Crippen molar-refractivity contribution < 1.29 is 23.1 Å². The first-order chi connectivity index (χ1) is 8.49. The Bertz CT molecular complexity index is 625. The summed E-state index contributed by atoms with van der Waals surface area (Å²) in [5, 5.41) is 9.05. The third kappa shape index (κ3) is 2.41. The fraction of sp³-hybridized carbons (Fsp3) is 0.182. The van der Waals surface area contributed by atoms with Crippen LogP contribution in [-0.4, -0.2) is 24.8 Å². The second-order valence-corrected chi connectivity index (χ2v) is 4.67. The van der Waals surface area contributed by atoms with Crippen molar-refractivity contribution in [3.63, 3.8) is 0 Å². The molecule has 0 bridgehead atoms. The summed E-state index contributed by atoms with van der Waals surface area (Å²) in [6.45, 7) is 0. The number of carbonyl (C=O) groups is 1. The maximum absolute atomic E-state index is 13.4. The number of rotatable bonds is 4. The summed E-state index contributed by atoms with van der Waals surface area (Å²) in [6, 6.07) is 4.60. The summed E-state index contributed by atoms with van der Waals surface area (Å²) in [6.07, 6.45) is -0.820. The molecule has 0 aliphatic heterocycles. The van der Waals surface area contributed by atoms with Crippen LogP contribution in [0.5, 0.6) is 0 Å². The fourth-order valence-corrected chi connectivity index (χ4v) is 2.22. The second kappa shape index (κ2) is 4.87. The normalized spacial score (nSPS) is 14.6. The zero-order chi connectivity index (χ0) is 13.3. The minimum absolute atomic E-state index is 0.0345. The number of alkyl halides is 1. The highest BCUT2D eigenvalue weighted by Gasteiger charge is 2.21. The van der Waals surface area contributed by atoms with Gasteiger partial charge in [0.05, 0.1) is 0 Å². The molecule has 2 unspecified atom stereocenters. The molecule has 0 aliphatic rings. The van der Waals surface area contributed by atoms with Crippen LogP contribution in [-0.2, 0) is 21.6 Å². The van der Waals surface area contributed by atoms with E-state index in [2.05, 4.69) is 4.98 Å². The molecule has 5 nitrogen and oxygen atoms in total. The van der Waals surface area contributed by atoms with Gasteiger partial charge in [0, 0.05) is 28.4 Å². The Kier molecular flexibility index (Phi) is 3.44.